The number of benzene rings is 2. The summed E-state index contributed by atoms with van der Waals surface area (Å²) in [5.74, 6) is -0.0935. The van der Waals surface area contributed by atoms with E-state index in [2.05, 4.69) is 4.90 Å². The molecule has 2 heterocycles. The van der Waals surface area contributed by atoms with Crippen LogP contribution in [0.25, 0.3) is 27.1 Å². The highest BCUT2D eigenvalue weighted by Crippen LogP contribution is 2.29. The molecule has 1 N–H and O–H groups in total. The van der Waals surface area contributed by atoms with Crippen molar-refractivity contribution in [1.29, 1.82) is 10.5 Å². The number of rotatable bonds is 3. The number of hydrogen-bond acceptors (Lipinski definition) is 6. The molecule has 0 amide bonds. The first-order chi connectivity index (χ1) is 13.7. The first-order valence-corrected chi connectivity index (χ1v) is 9.07. The van der Waals surface area contributed by atoms with E-state index < -0.39 is 0 Å². The molecule has 4 rings (SSSR count). The molecule has 0 atom stereocenters. The molecule has 1 fully saturated rings. The molecule has 0 aliphatic carbocycles. The summed E-state index contributed by atoms with van der Waals surface area (Å²) < 4.78 is 6.74. The monoisotopic (exact) mass is 374 g/mol. The minimum Gasteiger partial charge on any atom is -0.494 e. The van der Waals surface area contributed by atoms with Gasteiger partial charge >= 0.3 is 0 Å². The molecular weight excluding hydrogens is 356 g/mol. The van der Waals surface area contributed by atoms with Crippen LogP contribution < -0.4 is 10.8 Å². The molecule has 28 heavy (non-hydrogen) atoms. The van der Waals surface area contributed by atoms with Crippen LogP contribution in [0, 0.1) is 22.7 Å². The number of nitriles is 2. The van der Waals surface area contributed by atoms with Crippen LogP contribution in [0.3, 0.4) is 0 Å². The normalized spacial score (nSPS) is 14.8. The minimum absolute atomic E-state index is 0.0228. The highest BCUT2D eigenvalue weighted by atomic mass is 16.5. The van der Waals surface area contributed by atoms with Crippen molar-refractivity contribution < 1.29 is 9.84 Å². The molecule has 2 aromatic carbocycles. The lowest BCUT2D eigenvalue weighted by atomic mass is 9.99. The molecule has 7 heteroatoms. The predicted octanol–water partition coefficient (Wildman–Crippen LogP) is 1.11. The number of pyridine rings is 1. The summed E-state index contributed by atoms with van der Waals surface area (Å²) in [7, 11) is 0. The SMILES string of the molecule is N#CC(C#N)=c1ccc2c(=O)n(CCN3CCOCC3)c(O)c3cccc1c32. The number of aromatic nitrogens is 1. The molecule has 1 aliphatic rings. The van der Waals surface area contributed by atoms with E-state index in [0.717, 1.165) is 13.1 Å². The van der Waals surface area contributed by atoms with E-state index in [1.807, 2.05) is 12.1 Å². The standard InChI is InChI=1S/C21H18N4O3/c22-12-14(13-23)15-4-5-18-19-16(15)2-1-3-17(19)20(26)25(21(18)27)7-6-24-8-10-28-11-9-24/h1-5,26H,6-11H2. The zero-order valence-electron chi connectivity index (χ0n) is 15.2. The van der Waals surface area contributed by atoms with E-state index in [-0.39, 0.29) is 17.0 Å². The van der Waals surface area contributed by atoms with Crippen molar-refractivity contribution in [3.05, 3.63) is 45.9 Å². The Bertz CT molecular complexity index is 1240. The summed E-state index contributed by atoms with van der Waals surface area (Å²) in [6.07, 6.45) is 0. The first-order valence-electron chi connectivity index (χ1n) is 9.07. The van der Waals surface area contributed by atoms with Crippen LogP contribution in [0.4, 0.5) is 0 Å². The Morgan fingerprint density at radius 2 is 1.75 bits per heavy atom. The van der Waals surface area contributed by atoms with Crippen LogP contribution in [0.5, 0.6) is 5.88 Å². The Morgan fingerprint density at radius 1 is 1.04 bits per heavy atom. The van der Waals surface area contributed by atoms with Crippen molar-refractivity contribution in [3.8, 4) is 18.0 Å². The van der Waals surface area contributed by atoms with Gasteiger partial charge in [-0.1, -0.05) is 18.2 Å². The average Bonchev–Trinajstić information content (AvgIpc) is 2.74. The van der Waals surface area contributed by atoms with Gasteiger partial charge in [0.05, 0.1) is 13.2 Å². The van der Waals surface area contributed by atoms with E-state index in [4.69, 9.17) is 4.74 Å². The quantitative estimate of drug-likeness (QED) is 0.737. The number of hydrogen-bond donors (Lipinski definition) is 1. The van der Waals surface area contributed by atoms with Crippen molar-refractivity contribution in [3.63, 3.8) is 0 Å². The molecule has 7 nitrogen and oxygen atoms in total. The Morgan fingerprint density at radius 3 is 2.46 bits per heavy atom. The fraction of sp³-hybridized carbons (Fsp3) is 0.286. The van der Waals surface area contributed by atoms with Gasteiger partial charge in [-0.2, -0.15) is 10.5 Å². The van der Waals surface area contributed by atoms with E-state index in [0.29, 0.717) is 53.1 Å². The second-order valence-electron chi connectivity index (χ2n) is 6.72. The Labute approximate surface area is 160 Å². The van der Waals surface area contributed by atoms with Gasteiger partial charge in [-0.3, -0.25) is 14.3 Å². The van der Waals surface area contributed by atoms with Crippen LogP contribution in [-0.2, 0) is 11.3 Å². The lowest BCUT2D eigenvalue weighted by Crippen LogP contribution is -2.39. The van der Waals surface area contributed by atoms with E-state index >= 15 is 0 Å². The second-order valence-corrected chi connectivity index (χ2v) is 6.72. The Hall–Kier alpha value is -3.39. The summed E-state index contributed by atoms with van der Waals surface area (Å²) in [4.78, 5) is 15.3. The Balaban J connectivity index is 1.91. The van der Waals surface area contributed by atoms with E-state index in [1.165, 1.54) is 4.57 Å². The summed E-state index contributed by atoms with van der Waals surface area (Å²) in [6.45, 7) is 3.97. The summed E-state index contributed by atoms with van der Waals surface area (Å²) >= 11 is 0. The predicted molar refractivity (Wildman–Crippen MR) is 104 cm³/mol. The van der Waals surface area contributed by atoms with Crippen molar-refractivity contribution >= 4 is 27.1 Å². The molecule has 0 radical (unpaired) electrons. The molecule has 1 aromatic heterocycles. The molecular formula is C21H18N4O3. The minimum atomic E-state index is -0.281. The van der Waals surface area contributed by atoms with Crippen molar-refractivity contribution in [2.24, 2.45) is 0 Å². The zero-order valence-corrected chi connectivity index (χ0v) is 15.2. The van der Waals surface area contributed by atoms with Crippen molar-refractivity contribution in [2.75, 3.05) is 32.8 Å². The zero-order chi connectivity index (χ0) is 19.7. The molecule has 1 aliphatic heterocycles. The fourth-order valence-electron chi connectivity index (χ4n) is 3.80. The number of aromatic hydroxyl groups is 1. The third-order valence-electron chi connectivity index (χ3n) is 5.25. The third-order valence-corrected chi connectivity index (χ3v) is 5.25. The number of ether oxygens (including phenoxy) is 1. The van der Waals surface area contributed by atoms with Crippen LogP contribution in [0.15, 0.2) is 35.1 Å². The molecule has 0 spiro atoms. The van der Waals surface area contributed by atoms with E-state index in [9.17, 15) is 20.4 Å². The largest absolute Gasteiger partial charge is 0.494 e. The Kier molecular flexibility index (Phi) is 4.70. The molecule has 0 unspecified atom stereocenters. The van der Waals surface area contributed by atoms with Gasteiger partial charge in [-0.05, 0) is 17.5 Å². The van der Waals surface area contributed by atoms with E-state index in [1.54, 1.807) is 30.3 Å². The van der Waals surface area contributed by atoms with Gasteiger partial charge in [0.25, 0.3) is 5.56 Å². The van der Waals surface area contributed by atoms with Crippen LogP contribution in [-0.4, -0.2) is 47.4 Å². The second kappa shape index (κ2) is 7.32. The summed E-state index contributed by atoms with van der Waals surface area (Å²) in [5.41, 5.74) is -0.304. The van der Waals surface area contributed by atoms with Crippen molar-refractivity contribution in [2.45, 2.75) is 6.54 Å². The summed E-state index contributed by atoms with van der Waals surface area (Å²) in [5, 5.41) is 31.9. The van der Waals surface area contributed by atoms with Gasteiger partial charge in [-0.25, -0.2) is 0 Å². The number of morpholine rings is 1. The maximum Gasteiger partial charge on any atom is 0.261 e. The maximum atomic E-state index is 13.1. The number of nitrogens with zero attached hydrogens (tertiary/aromatic N) is 4. The molecule has 0 saturated carbocycles. The van der Waals surface area contributed by atoms with Gasteiger partial charge in [0.2, 0.25) is 5.88 Å². The van der Waals surface area contributed by atoms with Crippen molar-refractivity contribution in [1.82, 2.24) is 9.47 Å². The highest BCUT2D eigenvalue weighted by molar-refractivity contribution is 6.12. The van der Waals surface area contributed by atoms with Crippen LogP contribution >= 0.6 is 0 Å². The van der Waals surface area contributed by atoms with Gasteiger partial charge in [0, 0.05) is 47.6 Å². The van der Waals surface area contributed by atoms with Gasteiger partial charge in [0.15, 0.2) is 0 Å². The molecule has 3 aromatic rings. The van der Waals surface area contributed by atoms with Crippen LogP contribution in [0.2, 0.25) is 0 Å². The molecule has 1 saturated heterocycles. The lowest BCUT2D eigenvalue weighted by molar-refractivity contribution is 0.0361. The topological polar surface area (TPSA) is 102 Å². The van der Waals surface area contributed by atoms with Gasteiger partial charge in [-0.15, -0.1) is 0 Å². The van der Waals surface area contributed by atoms with Gasteiger partial charge in [0.1, 0.15) is 17.7 Å². The van der Waals surface area contributed by atoms with Crippen LogP contribution in [0.1, 0.15) is 0 Å². The average molecular weight is 374 g/mol. The third kappa shape index (κ3) is 2.87. The smallest absolute Gasteiger partial charge is 0.261 e. The maximum absolute atomic E-state index is 13.1. The van der Waals surface area contributed by atoms with Gasteiger partial charge < -0.3 is 9.84 Å². The fourth-order valence-corrected chi connectivity index (χ4v) is 3.80. The summed E-state index contributed by atoms with van der Waals surface area (Å²) in [6, 6.07) is 12.3. The molecule has 0 bridgehead atoms. The molecule has 140 valence electrons. The highest BCUT2D eigenvalue weighted by Gasteiger charge is 2.17. The first kappa shape index (κ1) is 18.0. The lowest BCUT2D eigenvalue weighted by Gasteiger charge is -2.27.